The van der Waals surface area contributed by atoms with E-state index in [4.69, 9.17) is 9.73 Å². The first-order valence-electron chi connectivity index (χ1n) is 13.3. The Kier molecular flexibility index (Phi) is 7.54. The number of ether oxygens (including phenoxy) is 1. The number of thioether (sulfide) groups is 1. The molecule has 0 aromatic heterocycles. The van der Waals surface area contributed by atoms with E-state index in [9.17, 15) is 4.79 Å². The number of halogens is 1. The number of para-hydroxylation sites is 1. The smallest absolute Gasteiger partial charge is 0.267 e. The van der Waals surface area contributed by atoms with E-state index in [1.807, 2.05) is 60.7 Å². The number of nitrogens with zero attached hydrogens (tertiary/aromatic N) is 3. The summed E-state index contributed by atoms with van der Waals surface area (Å²) in [5.74, 6) is 0.520. The summed E-state index contributed by atoms with van der Waals surface area (Å²) in [5.41, 5.74) is 4.15. The summed E-state index contributed by atoms with van der Waals surface area (Å²) < 4.78 is 20.8. The van der Waals surface area contributed by atoms with E-state index >= 15 is 4.39 Å². The Hall–Kier alpha value is -3.58. The lowest BCUT2D eigenvalue weighted by atomic mass is 9.79. The van der Waals surface area contributed by atoms with Crippen LogP contribution in [0.15, 0.2) is 76.6 Å². The molecule has 3 aromatic carbocycles. The molecule has 0 N–H and O–H groups in total. The average molecular weight is 544 g/mol. The summed E-state index contributed by atoms with van der Waals surface area (Å²) >= 11 is 1.28. The van der Waals surface area contributed by atoms with Gasteiger partial charge in [0.15, 0.2) is 5.17 Å². The highest BCUT2D eigenvalue weighted by Gasteiger charge is 2.37. The number of aliphatic imine (C=N–C) groups is 1. The molecule has 2 aliphatic heterocycles. The van der Waals surface area contributed by atoms with Crippen molar-refractivity contribution in [2.24, 2.45) is 4.99 Å². The Labute approximate surface area is 234 Å². The van der Waals surface area contributed by atoms with Crippen molar-refractivity contribution in [2.75, 3.05) is 18.6 Å². The number of benzene rings is 3. The van der Waals surface area contributed by atoms with Crippen LogP contribution in [0.1, 0.15) is 56.7 Å². The normalized spacial score (nSPS) is 20.6. The molecular weight excluding hydrogens is 509 g/mol. The number of carbonyl (C=O) groups excluding carboxylic acids is 1. The Morgan fingerprint density at radius 2 is 1.85 bits per heavy atom. The minimum absolute atomic E-state index is 0.0460. The number of amides is 1. The highest BCUT2D eigenvalue weighted by molar-refractivity contribution is 8.18. The van der Waals surface area contributed by atoms with Gasteiger partial charge >= 0.3 is 0 Å². The number of hydrogen-bond acceptors (Lipinski definition) is 5. The molecule has 1 atom stereocenters. The van der Waals surface area contributed by atoms with E-state index < -0.39 is 0 Å². The van der Waals surface area contributed by atoms with E-state index in [1.54, 1.807) is 24.2 Å². The number of hydrogen-bond donors (Lipinski definition) is 0. The molecule has 0 bridgehead atoms. The lowest BCUT2D eigenvalue weighted by Crippen LogP contribution is -2.48. The van der Waals surface area contributed by atoms with Crippen molar-refractivity contribution in [1.82, 2.24) is 4.90 Å². The third kappa shape index (κ3) is 5.46. The number of rotatable bonds is 6. The third-order valence-corrected chi connectivity index (χ3v) is 8.48. The molecule has 5 rings (SSSR count). The van der Waals surface area contributed by atoms with Gasteiger partial charge in [0.05, 0.1) is 24.2 Å². The topological polar surface area (TPSA) is 45.1 Å². The molecule has 0 radical (unpaired) electrons. The fourth-order valence-electron chi connectivity index (χ4n) is 5.63. The van der Waals surface area contributed by atoms with Crippen molar-refractivity contribution < 1.29 is 13.9 Å². The van der Waals surface area contributed by atoms with Crippen molar-refractivity contribution in [3.05, 3.63) is 94.1 Å². The predicted molar refractivity (Wildman–Crippen MR) is 159 cm³/mol. The Bertz CT molecular complexity index is 1430. The molecule has 39 heavy (non-hydrogen) atoms. The Morgan fingerprint density at radius 3 is 2.51 bits per heavy atom. The van der Waals surface area contributed by atoms with E-state index in [0.29, 0.717) is 22.2 Å². The maximum atomic E-state index is 15.6. The second-order valence-corrected chi connectivity index (χ2v) is 11.7. The highest BCUT2D eigenvalue weighted by Crippen LogP contribution is 2.45. The Balaban J connectivity index is 1.52. The van der Waals surface area contributed by atoms with E-state index in [-0.39, 0.29) is 23.2 Å². The first kappa shape index (κ1) is 27.0. The fraction of sp³-hybridized carbons (Fsp3) is 0.312. The molecule has 202 valence electrons. The van der Waals surface area contributed by atoms with Crippen LogP contribution in [0.3, 0.4) is 0 Å². The summed E-state index contributed by atoms with van der Waals surface area (Å²) in [5, 5.41) is 0.568. The highest BCUT2D eigenvalue weighted by atomic mass is 32.2. The zero-order valence-electron chi connectivity index (χ0n) is 23.1. The summed E-state index contributed by atoms with van der Waals surface area (Å²) in [6.07, 6.45) is 2.66. The van der Waals surface area contributed by atoms with Gasteiger partial charge in [-0.2, -0.15) is 0 Å². The van der Waals surface area contributed by atoms with Crippen LogP contribution in [0, 0.1) is 5.82 Å². The van der Waals surface area contributed by atoms with Crippen molar-refractivity contribution >= 4 is 40.3 Å². The van der Waals surface area contributed by atoms with Crippen LogP contribution >= 0.6 is 11.8 Å². The summed E-state index contributed by atoms with van der Waals surface area (Å²) in [6.45, 7) is 9.88. The molecule has 0 spiro atoms. The molecule has 1 saturated heterocycles. The number of fused-ring (bicyclic) bond motifs is 1. The summed E-state index contributed by atoms with van der Waals surface area (Å²) in [6, 6.07) is 20.7. The number of amidine groups is 1. The number of anilines is 1. The van der Waals surface area contributed by atoms with Crippen molar-refractivity contribution in [2.45, 2.75) is 52.1 Å². The van der Waals surface area contributed by atoms with E-state index in [0.717, 1.165) is 41.2 Å². The molecule has 2 aliphatic rings. The van der Waals surface area contributed by atoms with Crippen LogP contribution in [0.2, 0.25) is 0 Å². The van der Waals surface area contributed by atoms with Gasteiger partial charge in [0.1, 0.15) is 11.6 Å². The molecule has 5 nitrogen and oxygen atoms in total. The lowest BCUT2D eigenvalue weighted by Gasteiger charge is -2.47. The van der Waals surface area contributed by atoms with Crippen LogP contribution in [0.5, 0.6) is 5.75 Å². The van der Waals surface area contributed by atoms with Crippen LogP contribution in [0.25, 0.3) is 6.08 Å². The van der Waals surface area contributed by atoms with Gasteiger partial charge in [-0.05, 0) is 98.5 Å². The maximum absolute atomic E-state index is 15.6. The second kappa shape index (κ2) is 10.9. The second-order valence-electron chi connectivity index (χ2n) is 10.7. The van der Waals surface area contributed by atoms with Gasteiger partial charge in [-0.25, -0.2) is 9.38 Å². The van der Waals surface area contributed by atoms with Gasteiger partial charge in [0.2, 0.25) is 0 Å². The van der Waals surface area contributed by atoms with E-state index in [1.165, 1.54) is 11.8 Å². The van der Waals surface area contributed by atoms with Gasteiger partial charge in [0.25, 0.3) is 5.91 Å². The first-order valence-corrected chi connectivity index (χ1v) is 14.1. The quantitative estimate of drug-likeness (QED) is 0.298. The molecule has 1 amide bonds. The maximum Gasteiger partial charge on any atom is 0.267 e. The predicted octanol–water partition coefficient (Wildman–Crippen LogP) is 7.75. The van der Waals surface area contributed by atoms with Crippen LogP contribution in [0.4, 0.5) is 15.8 Å². The van der Waals surface area contributed by atoms with Crippen LogP contribution in [-0.4, -0.2) is 35.2 Å². The van der Waals surface area contributed by atoms with Crippen molar-refractivity contribution in [1.29, 1.82) is 0 Å². The Morgan fingerprint density at radius 1 is 1.13 bits per heavy atom. The zero-order chi connectivity index (χ0) is 27.7. The molecule has 1 fully saturated rings. The molecule has 7 heteroatoms. The van der Waals surface area contributed by atoms with Crippen LogP contribution < -0.4 is 9.64 Å². The molecule has 2 heterocycles. The SMILES string of the molecule is CCN1c2cc(F)c(/C=C3/SC(=Nc4ccccc4)N(Cc4ccc(OC)cc4)C3=O)cc2C(C)CC1(C)C. The summed E-state index contributed by atoms with van der Waals surface area (Å²) in [4.78, 5) is 22.8. The summed E-state index contributed by atoms with van der Waals surface area (Å²) in [7, 11) is 1.62. The van der Waals surface area contributed by atoms with Gasteiger partial charge in [-0.1, -0.05) is 37.3 Å². The molecule has 3 aromatic rings. The van der Waals surface area contributed by atoms with Gasteiger partial charge < -0.3 is 9.64 Å². The molecular formula is C32H34FN3O2S. The fourth-order valence-corrected chi connectivity index (χ4v) is 6.62. The molecule has 0 aliphatic carbocycles. The largest absolute Gasteiger partial charge is 0.497 e. The first-order chi connectivity index (χ1) is 18.7. The van der Waals surface area contributed by atoms with Crippen molar-refractivity contribution in [3.63, 3.8) is 0 Å². The van der Waals surface area contributed by atoms with E-state index in [2.05, 4.69) is 32.6 Å². The zero-order valence-corrected chi connectivity index (χ0v) is 23.9. The van der Waals surface area contributed by atoms with Gasteiger partial charge in [0, 0.05) is 23.3 Å². The third-order valence-electron chi connectivity index (χ3n) is 7.48. The lowest BCUT2D eigenvalue weighted by molar-refractivity contribution is -0.122. The van der Waals surface area contributed by atoms with Crippen LogP contribution in [-0.2, 0) is 11.3 Å². The number of carbonyl (C=O) groups is 1. The molecule has 0 saturated carbocycles. The van der Waals surface area contributed by atoms with Gasteiger partial charge in [-0.15, -0.1) is 0 Å². The van der Waals surface area contributed by atoms with Gasteiger partial charge in [-0.3, -0.25) is 9.69 Å². The average Bonchev–Trinajstić information content (AvgIpc) is 3.19. The molecule has 1 unspecified atom stereocenters. The minimum atomic E-state index is -0.326. The monoisotopic (exact) mass is 543 g/mol. The number of methoxy groups -OCH3 is 1. The van der Waals surface area contributed by atoms with Crippen molar-refractivity contribution in [3.8, 4) is 5.75 Å². The minimum Gasteiger partial charge on any atom is -0.497 e. The standard InChI is InChI=1S/C32H34FN3O2S/c1-6-36-28-18-27(33)23(16-26(28)21(2)19-32(36,3)4)17-29-30(37)35(20-22-12-14-25(38-5)15-13-22)31(39-29)34-24-10-8-7-9-11-24/h7-18,21H,6,19-20H2,1-5H3/b29-17+,34-31?.